The molecule has 3 atom stereocenters. The molecule has 110 valence electrons. The van der Waals surface area contributed by atoms with Crippen LogP contribution < -0.4 is 10.2 Å². The fourth-order valence-corrected chi connectivity index (χ4v) is 4.16. The number of hydrogen-bond acceptors (Lipinski definition) is 4. The number of fused-ring (bicyclic) bond motifs is 2. The second kappa shape index (κ2) is 4.32. The number of halogens is 1. The molecule has 1 aromatic heterocycles. The molecular weight excluding hydrogens is 326 g/mol. The standard InChI is InChI=1S/C14H18BrNO4/c1-13-4-3-5-14(13,19)7-16-6-8(15)10(17)11(20-2)9(16)12(13)18/h6,12,18-19H,3-5,7H2,1-2H3. The molecule has 20 heavy (non-hydrogen) atoms. The number of ether oxygens (including phenoxy) is 1. The molecule has 1 fully saturated rings. The van der Waals surface area contributed by atoms with Gasteiger partial charge in [0.05, 0.1) is 29.4 Å². The molecular formula is C14H18BrNO4. The molecule has 2 aliphatic rings. The highest BCUT2D eigenvalue weighted by Gasteiger charge is 2.59. The van der Waals surface area contributed by atoms with Crippen molar-refractivity contribution in [2.75, 3.05) is 7.11 Å². The molecule has 0 saturated heterocycles. The number of aromatic nitrogens is 1. The highest BCUT2D eigenvalue weighted by molar-refractivity contribution is 9.10. The Kier molecular flexibility index (Phi) is 3.05. The van der Waals surface area contributed by atoms with Crippen molar-refractivity contribution in [3.63, 3.8) is 0 Å². The lowest BCUT2D eigenvalue weighted by Crippen LogP contribution is -2.53. The number of nitrogens with zero attached hydrogens (tertiary/aromatic N) is 1. The van der Waals surface area contributed by atoms with Gasteiger partial charge in [-0.3, -0.25) is 4.79 Å². The summed E-state index contributed by atoms with van der Waals surface area (Å²) < 4.78 is 7.33. The summed E-state index contributed by atoms with van der Waals surface area (Å²) in [6.45, 7) is 2.26. The first-order valence-corrected chi connectivity index (χ1v) is 7.51. The van der Waals surface area contributed by atoms with Crippen LogP contribution in [0.15, 0.2) is 15.5 Å². The summed E-state index contributed by atoms with van der Waals surface area (Å²) in [5.41, 5.74) is -1.39. The van der Waals surface area contributed by atoms with Crippen molar-refractivity contribution in [2.45, 2.75) is 44.4 Å². The number of aliphatic hydroxyl groups excluding tert-OH is 1. The van der Waals surface area contributed by atoms with E-state index in [1.54, 1.807) is 10.8 Å². The molecule has 2 heterocycles. The Labute approximate surface area is 125 Å². The minimum Gasteiger partial charge on any atom is -0.491 e. The van der Waals surface area contributed by atoms with Crippen LogP contribution in [0.1, 0.15) is 38.0 Å². The van der Waals surface area contributed by atoms with E-state index in [0.717, 1.165) is 12.8 Å². The van der Waals surface area contributed by atoms with Gasteiger partial charge in [0.15, 0.2) is 5.75 Å². The van der Waals surface area contributed by atoms with Crippen LogP contribution >= 0.6 is 15.9 Å². The van der Waals surface area contributed by atoms with Gasteiger partial charge < -0.3 is 19.5 Å². The van der Waals surface area contributed by atoms with Crippen LogP contribution in [-0.4, -0.2) is 27.5 Å². The van der Waals surface area contributed by atoms with Gasteiger partial charge in [0.2, 0.25) is 5.43 Å². The number of methoxy groups -OCH3 is 1. The highest BCUT2D eigenvalue weighted by Crippen LogP contribution is 2.57. The Morgan fingerprint density at radius 2 is 2.20 bits per heavy atom. The number of pyridine rings is 1. The van der Waals surface area contributed by atoms with Crippen molar-refractivity contribution in [1.82, 2.24) is 4.57 Å². The molecule has 6 heteroatoms. The highest BCUT2D eigenvalue weighted by atomic mass is 79.9. The maximum Gasteiger partial charge on any atom is 0.237 e. The second-order valence-electron chi connectivity index (χ2n) is 6.06. The maximum atomic E-state index is 12.1. The predicted molar refractivity (Wildman–Crippen MR) is 76.8 cm³/mol. The Morgan fingerprint density at radius 1 is 1.50 bits per heavy atom. The Bertz CT molecular complexity index is 628. The minimum atomic E-state index is -0.946. The molecule has 1 aromatic rings. The fourth-order valence-electron chi connectivity index (χ4n) is 3.73. The summed E-state index contributed by atoms with van der Waals surface area (Å²) >= 11 is 3.21. The van der Waals surface area contributed by atoms with Gasteiger partial charge in [0.25, 0.3) is 0 Å². The monoisotopic (exact) mass is 343 g/mol. The van der Waals surface area contributed by atoms with E-state index in [1.165, 1.54) is 7.11 Å². The van der Waals surface area contributed by atoms with E-state index in [2.05, 4.69) is 15.9 Å². The van der Waals surface area contributed by atoms with Gasteiger partial charge in [0.1, 0.15) is 6.10 Å². The average Bonchev–Trinajstić information content (AvgIpc) is 2.69. The van der Waals surface area contributed by atoms with Crippen molar-refractivity contribution in [2.24, 2.45) is 5.41 Å². The number of aliphatic hydroxyl groups is 2. The Balaban J connectivity index is 2.28. The second-order valence-corrected chi connectivity index (χ2v) is 6.91. The average molecular weight is 344 g/mol. The Morgan fingerprint density at radius 3 is 2.85 bits per heavy atom. The SMILES string of the molecule is COc1c2n(cc(Br)c1=O)CC1(O)CCCC1(C)C2O. The van der Waals surface area contributed by atoms with Gasteiger partial charge in [-0.2, -0.15) is 0 Å². The summed E-state index contributed by atoms with van der Waals surface area (Å²) in [6, 6.07) is 0. The zero-order chi connectivity index (χ0) is 14.7. The van der Waals surface area contributed by atoms with Crippen LogP contribution in [0.5, 0.6) is 5.75 Å². The summed E-state index contributed by atoms with van der Waals surface area (Å²) in [5, 5.41) is 21.7. The Hall–Kier alpha value is -0.850. The van der Waals surface area contributed by atoms with E-state index in [-0.39, 0.29) is 11.2 Å². The molecule has 3 rings (SSSR count). The molecule has 0 bridgehead atoms. The largest absolute Gasteiger partial charge is 0.491 e. The van der Waals surface area contributed by atoms with Crippen LogP contribution in [0.4, 0.5) is 0 Å². The van der Waals surface area contributed by atoms with Crippen LogP contribution in [0.3, 0.4) is 0 Å². The summed E-state index contributed by atoms with van der Waals surface area (Å²) in [7, 11) is 1.43. The molecule has 0 spiro atoms. The van der Waals surface area contributed by atoms with Gasteiger partial charge in [-0.1, -0.05) is 6.92 Å². The topological polar surface area (TPSA) is 71.7 Å². The molecule has 1 aliphatic carbocycles. The van der Waals surface area contributed by atoms with Gasteiger partial charge in [0, 0.05) is 11.6 Å². The molecule has 5 nitrogen and oxygen atoms in total. The van der Waals surface area contributed by atoms with Crippen molar-refractivity contribution in [3.05, 3.63) is 26.6 Å². The van der Waals surface area contributed by atoms with E-state index < -0.39 is 17.1 Å². The van der Waals surface area contributed by atoms with Crippen molar-refractivity contribution < 1.29 is 14.9 Å². The first kappa shape index (κ1) is 14.1. The molecule has 0 radical (unpaired) electrons. The quantitative estimate of drug-likeness (QED) is 0.812. The molecule has 2 N–H and O–H groups in total. The lowest BCUT2D eigenvalue weighted by Gasteiger charge is -2.48. The van der Waals surface area contributed by atoms with Crippen molar-refractivity contribution >= 4 is 15.9 Å². The van der Waals surface area contributed by atoms with Gasteiger partial charge in [-0.05, 0) is 35.2 Å². The number of rotatable bonds is 1. The smallest absolute Gasteiger partial charge is 0.237 e. The maximum absolute atomic E-state index is 12.1. The lowest BCUT2D eigenvalue weighted by molar-refractivity contribution is -0.145. The molecule has 3 unspecified atom stereocenters. The van der Waals surface area contributed by atoms with Gasteiger partial charge in [-0.25, -0.2) is 0 Å². The van der Waals surface area contributed by atoms with Gasteiger partial charge in [-0.15, -0.1) is 0 Å². The first-order chi connectivity index (χ1) is 9.34. The minimum absolute atomic E-state index is 0.155. The summed E-state index contributed by atoms with van der Waals surface area (Å²) in [6.07, 6.45) is 2.97. The van der Waals surface area contributed by atoms with E-state index in [4.69, 9.17) is 4.74 Å². The van der Waals surface area contributed by atoms with Crippen LogP contribution in [-0.2, 0) is 6.54 Å². The van der Waals surface area contributed by atoms with Crippen LogP contribution in [0.2, 0.25) is 0 Å². The molecule has 0 amide bonds. The third-order valence-corrected chi connectivity index (χ3v) is 5.65. The molecule has 1 aliphatic heterocycles. The molecule has 1 saturated carbocycles. The summed E-state index contributed by atoms with van der Waals surface area (Å²) in [4.78, 5) is 12.1. The summed E-state index contributed by atoms with van der Waals surface area (Å²) in [5.74, 6) is 0.155. The van der Waals surface area contributed by atoms with E-state index in [9.17, 15) is 15.0 Å². The number of hydrogen-bond donors (Lipinski definition) is 2. The third kappa shape index (κ3) is 1.58. The van der Waals surface area contributed by atoms with E-state index in [0.29, 0.717) is 23.1 Å². The van der Waals surface area contributed by atoms with E-state index in [1.807, 2.05) is 6.92 Å². The third-order valence-electron chi connectivity index (χ3n) is 5.08. The van der Waals surface area contributed by atoms with Crippen LogP contribution in [0.25, 0.3) is 0 Å². The van der Waals surface area contributed by atoms with Crippen molar-refractivity contribution in [1.29, 1.82) is 0 Å². The van der Waals surface area contributed by atoms with Gasteiger partial charge >= 0.3 is 0 Å². The van der Waals surface area contributed by atoms with Crippen molar-refractivity contribution in [3.8, 4) is 5.75 Å². The van der Waals surface area contributed by atoms with E-state index >= 15 is 0 Å². The predicted octanol–water partition coefficient (Wildman–Crippen LogP) is 1.59. The normalized spacial score (nSPS) is 35.5. The zero-order valence-corrected chi connectivity index (χ0v) is 13.1. The first-order valence-electron chi connectivity index (χ1n) is 6.71. The van der Waals surface area contributed by atoms with Crippen LogP contribution in [0, 0.1) is 5.41 Å². The zero-order valence-electron chi connectivity index (χ0n) is 11.5. The fraction of sp³-hybridized carbons (Fsp3) is 0.643. The molecule has 0 aromatic carbocycles. The lowest BCUT2D eigenvalue weighted by atomic mass is 9.68.